The van der Waals surface area contributed by atoms with Gasteiger partial charge in [-0.3, -0.25) is 9.05 Å². The summed E-state index contributed by atoms with van der Waals surface area (Å²) in [5.41, 5.74) is 1.01. The molecule has 1 fully saturated rings. The van der Waals surface area contributed by atoms with Gasteiger partial charge in [0, 0.05) is 6.42 Å². The van der Waals surface area contributed by atoms with E-state index in [1.807, 2.05) is 0 Å². The third-order valence-corrected chi connectivity index (χ3v) is 7.11. The van der Waals surface area contributed by atoms with Crippen LogP contribution < -0.4 is 4.89 Å². The monoisotopic (exact) mass is 445 g/mol. The van der Waals surface area contributed by atoms with E-state index in [0.29, 0.717) is 4.48 Å². The zero-order valence-corrected chi connectivity index (χ0v) is 20.9. The Bertz CT molecular complexity index is 507. The third-order valence-electron chi connectivity index (χ3n) is 6.24. The first kappa shape index (κ1) is 27.7. The quantitative estimate of drug-likeness (QED) is 0.0979. The van der Waals surface area contributed by atoms with E-state index in [1.54, 1.807) is 0 Å². The Kier molecular flexibility index (Phi) is 15.0. The van der Waals surface area contributed by atoms with Crippen LogP contribution in [-0.2, 0) is 13.6 Å². The van der Waals surface area contributed by atoms with Crippen molar-refractivity contribution in [3.05, 3.63) is 12.0 Å². The van der Waals surface area contributed by atoms with Crippen LogP contribution in [0.4, 0.5) is 0 Å². The summed E-state index contributed by atoms with van der Waals surface area (Å²) in [4.78, 5) is 11.9. The lowest BCUT2D eigenvalue weighted by molar-refractivity contribution is -0.858. The molecule has 0 amide bonds. The van der Waals surface area contributed by atoms with E-state index < -0.39 is 7.82 Å². The lowest BCUT2D eigenvalue weighted by atomic mass is 10.0. The lowest BCUT2D eigenvalue weighted by Crippen LogP contribution is -2.42. The van der Waals surface area contributed by atoms with E-state index in [9.17, 15) is 9.46 Å². The minimum absolute atomic E-state index is 0.222. The smallest absolute Gasteiger partial charge is 0.319 e. The van der Waals surface area contributed by atoms with Gasteiger partial charge in [0.1, 0.15) is 12.0 Å². The Hall–Kier alpha value is -0.350. The van der Waals surface area contributed by atoms with Crippen molar-refractivity contribution >= 4 is 7.82 Å². The van der Waals surface area contributed by atoms with Gasteiger partial charge in [0.2, 0.25) is 0 Å². The number of hydrogen-bond donors (Lipinski definition) is 0. The molecule has 30 heavy (non-hydrogen) atoms. The van der Waals surface area contributed by atoms with Crippen molar-refractivity contribution in [2.45, 2.75) is 116 Å². The van der Waals surface area contributed by atoms with Gasteiger partial charge in [-0.2, -0.15) is 0 Å². The van der Waals surface area contributed by atoms with Crippen molar-refractivity contribution < 1.29 is 23.0 Å². The summed E-state index contributed by atoms with van der Waals surface area (Å²) in [7, 11) is -0.0725. The van der Waals surface area contributed by atoms with Crippen molar-refractivity contribution in [1.29, 1.82) is 0 Å². The number of piperidine rings is 1. The average molecular weight is 446 g/mol. The summed E-state index contributed by atoms with van der Waals surface area (Å²) in [5, 5.41) is 0. The number of unbranched alkanes of at least 4 members (excludes halogenated alkanes) is 13. The molecule has 0 saturated carbocycles. The van der Waals surface area contributed by atoms with Gasteiger partial charge >= 0.3 is 7.82 Å². The highest BCUT2D eigenvalue weighted by Crippen LogP contribution is 2.40. The largest absolute Gasteiger partial charge is 0.746 e. The highest BCUT2D eigenvalue weighted by atomic mass is 31.2. The second kappa shape index (κ2) is 16.3. The van der Waals surface area contributed by atoms with Crippen LogP contribution in [0.15, 0.2) is 12.0 Å². The molecule has 0 spiro atoms. The molecule has 5 nitrogen and oxygen atoms in total. The molecule has 0 aromatic heterocycles. The van der Waals surface area contributed by atoms with Crippen LogP contribution in [0, 0.1) is 0 Å². The molecule has 0 N–H and O–H groups in total. The number of quaternary nitrogens is 1. The van der Waals surface area contributed by atoms with Gasteiger partial charge in [-0.15, -0.1) is 0 Å². The van der Waals surface area contributed by atoms with Crippen molar-refractivity contribution in [3.63, 3.8) is 0 Å². The number of hydrogen-bond acceptors (Lipinski definition) is 4. The maximum Gasteiger partial charge on any atom is 0.319 e. The summed E-state index contributed by atoms with van der Waals surface area (Å²) in [6.45, 7) is 3.50. The molecule has 1 saturated heterocycles. The third kappa shape index (κ3) is 13.9. The number of phosphoric ester groups is 1. The molecule has 0 aromatic rings. The first-order valence-corrected chi connectivity index (χ1v) is 14.0. The van der Waals surface area contributed by atoms with Crippen LogP contribution in [0.1, 0.15) is 116 Å². The highest BCUT2D eigenvalue weighted by Gasteiger charge is 2.27. The normalized spacial score (nSPS) is 19.7. The first-order valence-electron chi connectivity index (χ1n) is 12.5. The molecule has 1 aliphatic heterocycles. The zero-order valence-electron chi connectivity index (χ0n) is 20.0. The predicted molar refractivity (Wildman–Crippen MR) is 124 cm³/mol. The molecule has 0 aliphatic carbocycles. The summed E-state index contributed by atoms with van der Waals surface area (Å²) in [6.07, 6.45) is 22.4. The number of phosphoric acid groups is 1. The topological polar surface area (TPSA) is 58.6 Å². The molecule has 0 aromatic carbocycles. The van der Waals surface area contributed by atoms with E-state index in [1.165, 1.54) is 76.9 Å². The fraction of sp³-hybridized carbons (Fsp3) is 0.917. The Labute approximate surface area is 186 Å². The SMILES string of the molecule is CCCCCCCCCCCCCCCCOP(=O)([O-])OC=C1CCCC[N+]1(C)C. The molecular weight excluding hydrogens is 397 g/mol. The van der Waals surface area contributed by atoms with Crippen molar-refractivity contribution in [3.8, 4) is 0 Å². The summed E-state index contributed by atoms with van der Waals surface area (Å²) in [5.74, 6) is 0. The molecule has 1 unspecified atom stereocenters. The van der Waals surface area contributed by atoms with E-state index >= 15 is 0 Å². The molecule has 0 bridgehead atoms. The maximum absolute atomic E-state index is 11.9. The van der Waals surface area contributed by atoms with Crippen molar-refractivity contribution in [1.82, 2.24) is 0 Å². The highest BCUT2D eigenvalue weighted by molar-refractivity contribution is 7.45. The molecular formula is C24H48NO4P. The zero-order chi connectivity index (χ0) is 22.1. The summed E-state index contributed by atoms with van der Waals surface area (Å²) < 4.78 is 22.7. The van der Waals surface area contributed by atoms with Gasteiger partial charge in [0.05, 0.1) is 27.2 Å². The van der Waals surface area contributed by atoms with Crippen LogP contribution in [0.2, 0.25) is 0 Å². The number of rotatable bonds is 18. The minimum Gasteiger partial charge on any atom is -0.746 e. The molecule has 6 heteroatoms. The van der Waals surface area contributed by atoms with Gasteiger partial charge in [0.25, 0.3) is 0 Å². The fourth-order valence-corrected chi connectivity index (χ4v) is 4.75. The first-order chi connectivity index (χ1) is 14.4. The lowest BCUT2D eigenvalue weighted by Gasteiger charge is -2.35. The van der Waals surface area contributed by atoms with E-state index in [4.69, 9.17) is 9.05 Å². The Morgan fingerprint density at radius 1 is 0.867 bits per heavy atom. The molecule has 1 aliphatic rings. The number of allylic oxidation sites excluding steroid dienone is 1. The van der Waals surface area contributed by atoms with Gasteiger partial charge in [-0.1, -0.05) is 90.4 Å². The van der Waals surface area contributed by atoms with Crippen LogP contribution in [0.5, 0.6) is 0 Å². The molecule has 1 heterocycles. The van der Waals surface area contributed by atoms with Gasteiger partial charge in [-0.25, -0.2) is 0 Å². The maximum atomic E-state index is 11.9. The van der Waals surface area contributed by atoms with Gasteiger partial charge < -0.3 is 13.9 Å². The van der Waals surface area contributed by atoms with Gasteiger partial charge in [-0.05, 0) is 19.3 Å². The molecule has 1 atom stereocenters. The summed E-state index contributed by atoms with van der Waals surface area (Å²) >= 11 is 0. The standard InChI is InChI=1S/C24H48NO4P/c1-4-5-6-7-8-9-10-11-12-13-14-15-16-19-22-28-30(26,27)29-23-24-20-17-18-21-25(24,2)3/h23H,4-22H2,1-3H3. The van der Waals surface area contributed by atoms with Crippen LogP contribution >= 0.6 is 7.82 Å². The van der Waals surface area contributed by atoms with Crippen molar-refractivity contribution in [2.24, 2.45) is 0 Å². The number of nitrogens with zero attached hydrogens (tertiary/aromatic N) is 1. The second-order valence-electron chi connectivity index (χ2n) is 9.46. The van der Waals surface area contributed by atoms with E-state index in [0.717, 1.165) is 50.8 Å². The van der Waals surface area contributed by atoms with Crippen LogP contribution in [0.25, 0.3) is 0 Å². The Morgan fingerprint density at radius 2 is 1.37 bits per heavy atom. The Morgan fingerprint density at radius 3 is 1.87 bits per heavy atom. The van der Waals surface area contributed by atoms with Crippen LogP contribution in [0.3, 0.4) is 0 Å². The molecule has 178 valence electrons. The molecule has 0 radical (unpaired) electrons. The predicted octanol–water partition coefficient (Wildman–Crippen LogP) is 7.07. The van der Waals surface area contributed by atoms with E-state index in [2.05, 4.69) is 21.0 Å². The second-order valence-corrected chi connectivity index (χ2v) is 10.8. The minimum atomic E-state index is -4.24. The fourth-order valence-electron chi connectivity index (χ4n) is 4.09. The van der Waals surface area contributed by atoms with Crippen LogP contribution in [-0.4, -0.2) is 31.7 Å². The summed E-state index contributed by atoms with van der Waals surface area (Å²) in [6, 6.07) is 0. The van der Waals surface area contributed by atoms with Crippen molar-refractivity contribution in [2.75, 3.05) is 27.2 Å². The van der Waals surface area contributed by atoms with E-state index in [-0.39, 0.29) is 6.61 Å². The average Bonchev–Trinajstić information content (AvgIpc) is 2.69. The molecule has 1 rings (SSSR count). The Balaban J connectivity index is 1.95. The number of likely N-dealkylation sites (tertiary alicyclic amines) is 1. The van der Waals surface area contributed by atoms with Gasteiger partial charge in [0.15, 0.2) is 0 Å².